The van der Waals surface area contributed by atoms with Gasteiger partial charge in [-0.25, -0.2) is 4.79 Å². The fourth-order valence-electron chi connectivity index (χ4n) is 3.81. The minimum atomic E-state index is -0.984. The molecule has 1 aromatic rings. The number of benzene rings is 1. The van der Waals surface area contributed by atoms with E-state index in [1.165, 1.54) is 24.0 Å². The molecule has 0 spiro atoms. The normalized spacial score (nSPS) is 29.2. The van der Waals surface area contributed by atoms with Crippen molar-refractivity contribution in [3.05, 3.63) is 47.0 Å². The van der Waals surface area contributed by atoms with Crippen molar-refractivity contribution in [1.29, 1.82) is 0 Å². The molecule has 1 aliphatic carbocycles. The Morgan fingerprint density at radius 3 is 2.56 bits per heavy atom. The van der Waals surface area contributed by atoms with Gasteiger partial charge in [0, 0.05) is 13.1 Å². The van der Waals surface area contributed by atoms with E-state index in [1.807, 2.05) is 24.3 Å². The summed E-state index contributed by atoms with van der Waals surface area (Å²) in [7, 11) is 0. The summed E-state index contributed by atoms with van der Waals surface area (Å²) in [6, 6.07) is 7.41. The van der Waals surface area contributed by atoms with Gasteiger partial charge in [0.2, 0.25) is 0 Å². The van der Waals surface area contributed by atoms with Crippen LogP contribution in [0.2, 0.25) is 0 Å². The highest BCUT2D eigenvalue weighted by molar-refractivity contribution is 6.07. The summed E-state index contributed by atoms with van der Waals surface area (Å²) in [5.41, 5.74) is 2.47. The van der Waals surface area contributed by atoms with Gasteiger partial charge in [0.05, 0.1) is 0 Å². The summed E-state index contributed by atoms with van der Waals surface area (Å²) in [4.78, 5) is 23.4. The van der Waals surface area contributed by atoms with E-state index in [-0.39, 0.29) is 5.91 Å². The zero-order valence-corrected chi connectivity index (χ0v) is 15.2. The topological polar surface area (TPSA) is 70.2 Å². The summed E-state index contributed by atoms with van der Waals surface area (Å²) in [5.74, 6) is 1.03. The summed E-state index contributed by atoms with van der Waals surface area (Å²) >= 11 is 0. The van der Waals surface area contributed by atoms with Crippen LogP contribution in [0.4, 0.5) is 4.79 Å². The molecule has 5 heteroatoms. The van der Waals surface area contributed by atoms with E-state index >= 15 is 0 Å². The van der Waals surface area contributed by atoms with Crippen LogP contribution in [-0.2, 0) is 16.9 Å². The molecule has 0 saturated carbocycles. The lowest BCUT2D eigenvalue weighted by Gasteiger charge is -2.29. The maximum Gasteiger partial charge on any atom is 0.322 e. The third-order valence-corrected chi connectivity index (χ3v) is 5.63. The number of allylic oxidation sites excluding steroid dienone is 1. The first kappa shape index (κ1) is 17.7. The standard InChI is InChI=1S/C20H27N3O2/c1-13-5-4-6-14(2)17(13)12-21-11-15-7-9-16(10-8-15)20(3)18(24)22-19(25)23-20/h5,7-10,14,17,21H,4,6,11-12H2,1-3H3,(H2,22,23,24,25). The Kier molecular flexibility index (Phi) is 4.95. The van der Waals surface area contributed by atoms with Gasteiger partial charge in [-0.15, -0.1) is 0 Å². The first-order valence-corrected chi connectivity index (χ1v) is 9.00. The second-order valence-corrected chi connectivity index (χ2v) is 7.47. The number of nitrogens with one attached hydrogen (secondary N) is 3. The molecule has 3 rings (SSSR count). The molecular weight excluding hydrogens is 314 g/mol. The molecule has 134 valence electrons. The fraction of sp³-hybridized carbons (Fsp3) is 0.500. The average Bonchev–Trinajstić information content (AvgIpc) is 2.84. The Balaban J connectivity index is 1.58. The molecule has 1 saturated heterocycles. The van der Waals surface area contributed by atoms with Gasteiger partial charge in [-0.1, -0.05) is 42.8 Å². The third-order valence-electron chi connectivity index (χ3n) is 5.63. The molecule has 0 radical (unpaired) electrons. The van der Waals surface area contributed by atoms with E-state index in [2.05, 4.69) is 35.9 Å². The third kappa shape index (κ3) is 3.61. The molecule has 1 fully saturated rings. The average molecular weight is 341 g/mol. The molecule has 3 N–H and O–H groups in total. The molecule has 3 amide bonds. The molecule has 0 aromatic heterocycles. The molecule has 25 heavy (non-hydrogen) atoms. The van der Waals surface area contributed by atoms with Gasteiger partial charge in [0.15, 0.2) is 0 Å². The smallest absolute Gasteiger partial charge is 0.320 e. The molecule has 3 unspecified atom stereocenters. The quantitative estimate of drug-likeness (QED) is 0.570. The van der Waals surface area contributed by atoms with Crippen LogP contribution in [0, 0.1) is 11.8 Å². The molecule has 5 nitrogen and oxygen atoms in total. The van der Waals surface area contributed by atoms with Crippen molar-refractivity contribution >= 4 is 11.9 Å². The number of rotatable bonds is 5. The lowest BCUT2D eigenvalue weighted by atomic mass is 9.80. The fourth-order valence-corrected chi connectivity index (χ4v) is 3.81. The van der Waals surface area contributed by atoms with Crippen LogP contribution >= 0.6 is 0 Å². The van der Waals surface area contributed by atoms with Crippen LogP contribution in [0.1, 0.15) is 44.7 Å². The number of hydrogen-bond acceptors (Lipinski definition) is 3. The predicted molar refractivity (Wildman–Crippen MR) is 97.8 cm³/mol. The predicted octanol–water partition coefficient (Wildman–Crippen LogP) is 2.82. The Morgan fingerprint density at radius 1 is 1.24 bits per heavy atom. The number of amides is 3. The van der Waals surface area contributed by atoms with Crippen molar-refractivity contribution < 1.29 is 9.59 Å². The molecule has 1 aliphatic heterocycles. The SMILES string of the molecule is CC1=CCCC(C)C1CNCc1ccc(C2(C)NC(=O)NC2=O)cc1. The van der Waals surface area contributed by atoms with E-state index in [0.29, 0.717) is 5.92 Å². The second kappa shape index (κ2) is 7.00. The minimum Gasteiger partial charge on any atom is -0.320 e. The second-order valence-electron chi connectivity index (χ2n) is 7.47. The summed E-state index contributed by atoms with van der Waals surface area (Å²) < 4.78 is 0. The first-order valence-electron chi connectivity index (χ1n) is 9.00. The zero-order chi connectivity index (χ0) is 18.0. The number of urea groups is 1. The molecule has 1 aromatic carbocycles. The van der Waals surface area contributed by atoms with E-state index < -0.39 is 11.6 Å². The van der Waals surface area contributed by atoms with Crippen molar-refractivity contribution in [3.63, 3.8) is 0 Å². The van der Waals surface area contributed by atoms with Gasteiger partial charge in [0.1, 0.15) is 5.54 Å². The zero-order valence-electron chi connectivity index (χ0n) is 15.2. The minimum absolute atomic E-state index is 0.308. The summed E-state index contributed by atoms with van der Waals surface area (Å²) in [6.45, 7) is 8.07. The summed E-state index contributed by atoms with van der Waals surface area (Å²) in [6.07, 6.45) is 4.83. The Morgan fingerprint density at radius 2 is 1.96 bits per heavy atom. The molecular formula is C20H27N3O2. The Labute approximate surface area is 149 Å². The highest BCUT2D eigenvalue weighted by atomic mass is 16.2. The highest BCUT2D eigenvalue weighted by Crippen LogP contribution is 2.29. The largest absolute Gasteiger partial charge is 0.322 e. The number of imide groups is 1. The van der Waals surface area contributed by atoms with Crippen molar-refractivity contribution in [2.45, 2.75) is 45.7 Å². The Hall–Kier alpha value is -2.14. The van der Waals surface area contributed by atoms with Crippen LogP contribution < -0.4 is 16.0 Å². The van der Waals surface area contributed by atoms with Gasteiger partial charge in [0.25, 0.3) is 5.91 Å². The van der Waals surface area contributed by atoms with Crippen LogP contribution in [0.3, 0.4) is 0 Å². The van der Waals surface area contributed by atoms with Crippen molar-refractivity contribution in [2.75, 3.05) is 6.54 Å². The van der Waals surface area contributed by atoms with E-state index in [1.54, 1.807) is 6.92 Å². The van der Waals surface area contributed by atoms with Crippen LogP contribution in [0.15, 0.2) is 35.9 Å². The van der Waals surface area contributed by atoms with Crippen molar-refractivity contribution in [3.8, 4) is 0 Å². The lowest BCUT2D eigenvalue weighted by Crippen LogP contribution is -2.40. The van der Waals surface area contributed by atoms with Crippen LogP contribution in [0.5, 0.6) is 0 Å². The van der Waals surface area contributed by atoms with E-state index in [4.69, 9.17) is 0 Å². The number of carbonyl (C=O) groups excluding carboxylic acids is 2. The number of carbonyl (C=O) groups is 2. The maximum atomic E-state index is 12.0. The Bertz CT molecular complexity index is 695. The molecule has 3 atom stereocenters. The monoisotopic (exact) mass is 341 g/mol. The summed E-state index contributed by atoms with van der Waals surface area (Å²) in [5, 5.41) is 8.54. The van der Waals surface area contributed by atoms with E-state index in [9.17, 15) is 9.59 Å². The molecule has 1 heterocycles. The van der Waals surface area contributed by atoms with Gasteiger partial charge in [-0.05, 0) is 49.7 Å². The van der Waals surface area contributed by atoms with Gasteiger partial charge in [-0.2, -0.15) is 0 Å². The molecule has 2 aliphatic rings. The first-order chi connectivity index (χ1) is 11.9. The van der Waals surface area contributed by atoms with Crippen molar-refractivity contribution in [2.24, 2.45) is 11.8 Å². The van der Waals surface area contributed by atoms with Gasteiger partial charge < -0.3 is 10.6 Å². The van der Waals surface area contributed by atoms with Gasteiger partial charge in [-0.3, -0.25) is 10.1 Å². The van der Waals surface area contributed by atoms with Crippen LogP contribution in [0.25, 0.3) is 0 Å². The van der Waals surface area contributed by atoms with Crippen LogP contribution in [-0.4, -0.2) is 18.5 Å². The molecule has 0 bridgehead atoms. The number of hydrogen-bond donors (Lipinski definition) is 3. The highest BCUT2D eigenvalue weighted by Gasteiger charge is 2.43. The van der Waals surface area contributed by atoms with E-state index in [0.717, 1.165) is 24.6 Å². The lowest BCUT2D eigenvalue weighted by molar-refractivity contribution is -0.123. The van der Waals surface area contributed by atoms with Crippen molar-refractivity contribution in [1.82, 2.24) is 16.0 Å². The van der Waals surface area contributed by atoms with Gasteiger partial charge >= 0.3 is 6.03 Å². The maximum absolute atomic E-state index is 12.0.